The van der Waals surface area contributed by atoms with Crippen LogP contribution in [0.3, 0.4) is 0 Å². The van der Waals surface area contributed by atoms with Crippen LogP contribution >= 0.6 is 0 Å². The minimum atomic E-state index is -0.250. The third-order valence-corrected chi connectivity index (χ3v) is 12.0. The molecular formula is C36H44FNO2. The van der Waals surface area contributed by atoms with Crippen LogP contribution in [0.1, 0.15) is 101 Å². The fraction of sp³-hybridized carbons (Fsp3) is 0.528. The first-order chi connectivity index (χ1) is 19.1. The molecule has 0 bridgehead atoms. The predicted molar refractivity (Wildman–Crippen MR) is 160 cm³/mol. The number of aryl methyl sites for hydroxylation is 1. The standard InChI is InChI=1S/C35H42FN.CH2O2/c1-21-11-13-33(3)15-16-35(5)27(29(33)17-21)12-14-34(4)28-8-6-7-22(2)32(28)25(19-31(34)35)26-20-37-30-10-9-23(36)18-24(26)30;2-1-3/h6-10,18-21,25,27,29,37H,11-17H2,1-5H3;1H,(H,2,3)/t21-,25-,27?,29-,33+,34-,35-;/m0./s1. The van der Waals surface area contributed by atoms with Crippen molar-refractivity contribution in [2.45, 2.75) is 90.9 Å². The van der Waals surface area contributed by atoms with E-state index in [0.29, 0.717) is 5.41 Å². The van der Waals surface area contributed by atoms with Gasteiger partial charge in [-0.15, -0.1) is 0 Å². The number of benzene rings is 2. The van der Waals surface area contributed by atoms with Gasteiger partial charge in [0, 0.05) is 28.4 Å². The Kier molecular flexibility index (Phi) is 6.55. The van der Waals surface area contributed by atoms with E-state index in [4.69, 9.17) is 9.90 Å². The largest absolute Gasteiger partial charge is 0.483 e. The van der Waals surface area contributed by atoms with Crippen LogP contribution in [0.2, 0.25) is 0 Å². The molecule has 2 aromatic carbocycles. The number of H-pyrrole nitrogens is 1. The van der Waals surface area contributed by atoms with Gasteiger partial charge in [-0.05, 0) is 114 Å². The highest BCUT2D eigenvalue weighted by Gasteiger charge is 2.60. The zero-order valence-corrected chi connectivity index (χ0v) is 24.7. The number of carboxylic acid groups (broad SMARTS) is 1. The van der Waals surface area contributed by atoms with Crippen LogP contribution in [0.5, 0.6) is 0 Å². The summed E-state index contributed by atoms with van der Waals surface area (Å²) in [4.78, 5) is 11.8. The van der Waals surface area contributed by atoms with Gasteiger partial charge in [-0.1, -0.05) is 64.0 Å². The van der Waals surface area contributed by atoms with Crippen molar-refractivity contribution >= 4 is 17.4 Å². The Morgan fingerprint density at radius 2 is 1.80 bits per heavy atom. The van der Waals surface area contributed by atoms with Gasteiger partial charge in [0.2, 0.25) is 0 Å². The molecule has 3 nitrogen and oxygen atoms in total. The highest BCUT2D eigenvalue weighted by Crippen LogP contribution is 2.69. The van der Waals surface area contributed by atoms with Gasteiger partial charge in [0.05, 0.1) is 0 Å². The summed E-state index contributed by atoms with van der Waals surface area (Å²) in [6, 6.07) is 12.1. The maximum Gasteiger partial charge on any atom is 0.290 e. The van der Waals surface area contributed by atoms with Crippen molar-refractivity contribution in [3.05, 3.63) is 82.3 Å². The Bertz CT molecular complexity index is 1490. The number of rotatable bonds is 1. The molecule has 3 aromatic rings. The van der Waals surface area contributed by atoms with Gasteiger partial charge in [0.1, 0.15) is 5.82 Å². The molecule has 4 heteroatoms. The van der Waals surface area contributed by atoms with Crippen molar-refractivity contribution in [1.29, 1.82) is 0 Å². The molecule has 0 aliphatic heterocycles. The van der Waals surface area contributed by atoms with Crippen LogP contribution in [0, 0.1) is 41.3 Å². The van der Waals surface area contributed by atoms with Gasteiger partial charge in [-0.25, -0.2) is 4.39 Å². The molecule has 7 atom stereocenters. The van der Waals surface area contributed by atoms with Gasteiger partial charge >= 0.3 is 0 Å². The van der Waals surface area contributed by atoms with E-state index in [2.05, 4.69) is 70.1 Å². The first-order valence-corrected chi connectivity index (χ1v) is 15.2. The number of aromatic nitrogens is 1. The molecule has 3 fully saturated rings. The average molecular weight is 542 g/mol. The van der Waals surface area contributed by atoms with Crippen LogP contribution in [0.15, 0.2) is 54.2 Å². The van der Waals surface area contributed by atoms with Crippen molar-refractivity contribution in [2.75, 3.05) is 0 Å². The summed E-state index contributed by atoms with van der Waals surface area (Å²) in [5.74, 6) is 2.45. The summed E-state index contributed by atoms with van der Waals surface area (Å²) in [6.45, 7) is 12.3. The monoisotopic (exact) mass is 541 g/mol. The third kappa shape index (κ3) is 3.92. The number of carbonyl (C=O) groups is 1. The average Bonchev–Trinajstić information content (AvgIpc) is 3.33. The molecule has 0 spiro atoms. The molecule has 0 radical (unpaired) electrons. The maximum atomic E-state index is 14.4. The minimum absolute atomic E-state index is 0.0779. The zero-order chi connectivity index (χ0) is 28.4. The topological polar surface area (TPSA) is 53.1 Å². The molecule has 1 aromatic heterocycles. The van der Waals surface area contributed by atoms with Crippen LogP contribution in [-0.2, 0) is 10.2 Å². The number of allylic oxidation sites excluding steroid dienone is 2. The Hall–Kier alpha value is -2.88. The zero-order valence-electron chi connectivity index (χ0n) is 24.7. The van der Waals surface area contributed by atoms with Crippen molar-refractivity contribution < 1.29 is 14.3 Å². The second-order valence-corrected chi connectivity index (χ2v) is 14.2. The molecule has 0 saturated heterocycles. The molecule has 4 aliphatic rings. The highest BCUT2D eigenvalue weighted by molar-refractivity contribution is 5.85. The maximum absolute atomic E-state index is 14.4. The summed E-state index contributed by atoms with van der Waals surface area (Å²) in [7, 11) is 0. The van der Waals surface area contributed by atoms with Gasteiger partial charge < -0.3 is 10.1 Å². The van der Waals surface area contributed by atoms with Gasteiger partial charge in [-0.2, -0.15) is 0 Å². The second-order valence-electron chi connectivity index (χ2n) is 14.2. The normalized spacial score (nSPS) is 36.2. The Labute approximate surface area is 238 Å². The molecule has 212 valence electrons. The van der Waals surface area contributed by atoms with E-state index in [1.54, 1.807) is 17.7 Å². The number of fused-ring (bicyclic) bond motifs is 8. The summed E-state index contributed by atoms with van der Waals surface area (Å²) in [5.41, 5.74) is 9.08. The smallest absolute Gasteiger partial charge is 0.290 e. The number of hydrogen-bond donors (Lipinski definition) is 2. The SMILES string of the molecule is Cc1cccc2c1[C@H](c1c[nH]c3ccc(F)cc13)C=C1[C@@]2(C)CCC2[C@@H]3C[C@@H](C)CC[C@]3(C)CC[C@]12C.O=CO. The summed E-state index contributed by atoms with van der Waals surface area (Å²) in [6.07, 6.45) is 14.3. The summed E-state index contributed by atoms with van der Waals surface area (Å²) < 4.78 is 14.4. The van der Waals surface area contributed by atoms with Crippen LogP contribution in [0.4, 0.5) is 4.39 Å². The fourth-order valence-electron chi connectivity index (χ4n) is 9.89. The van der Waals surface area contributed by atoms with Crippen molar-refractivity contribution in [1.82, 2.24) is 4.98 Å². The number of halogens is 1. The lowest BCUT2D eigenvalue weighted by molar-refractivity contribution is -0.122. The van der Waals surface area contributed by atoms with Crippen molar-refractivity contribution in [3.63, 3.8) is 0 Å². The third-order valence-electron chi connectivity index (χ3n) is 12.0. The van der Waals surface area contributed by atoms with Crippen molar-refractivity contribution in [2.24, 2.45) is 28.6 Å². The van der Waals surface area contributed by atoms with E-state index in [1.165, 1.54) is 67.2 Å². The fourth-order valence-corrected chi connectivity index (χ4v) is 9.89. The van der Waals surface area contributed by atoms with Crippen LogP contribution in [0.25, 0.3) is 10.9 Å². The van der Waals surface area contributed by atoms with Crippen LogP contribution in [-0.4, -0.2) is 16.6 Å². The van der Waals surface area contributed by atoms with E-state index < -0.39 is 0 Å². The molecule has 2 N–H and O–H groups in total. The summed E-state index contributed by atoms with van der Waals surface area (Å²) in [5, 5.41) is 7.91. The van der Waals surface area contributed by atoms with E-state index in [9.17, 15) is 4.39 Å². The Morgan fingerprint density at radius 1 is 1.02 bits per heavy atom. The molecule has 1 heterocycles. The quantitative estimate of drug-likeness (QED) is 0.238. The van der Waals surface area contributed by atoms with Gasteiger partial charge in [0.25, 0.3) is 6.47 Å². The second kappa shape index (κ2) is 9.60. The Morgan fingerprint density at radius 3 is 2.58 bits per heavy atom. The molecule has 4 aliphatic carbocycles. The molecule has 7 rings (SSSR count). The molecule has 3 saturated carbocycles. The lowest BCUT2D eigenvalue weighted by Gasteiger charge is -2.64. The van der Waals surface area contributed by atoms with Gasteiger partial charge in [-0.3, -0.25) is 4.79 Å². The first kappa shape index (κ1) is 27.3. The molecular weight excluding hydrogens is 497 g/mol. The van der Waals surface area contributed by atoms with E-state index >= 15 is 0 Å². The number of aromatic amines is 1. The highest BCUT2D eigenvalue weighted by atomic mass is 19.1. The number of nitrogens with one attached hydrogen (secondary N) is 1. The molecule has 1 unspecified atom stereocenters. The first-order valence-electron chi connectivity index (χ1n) is 15.2. The Balaban J connectivity index is 0.000000925. The predicted octanol–water partition coefficient (Wildman–Crippen LogP) is 9.30. The van der Waals surface area contributed by atoms with E-state index in [0.717, 1.165) is 28.7 Å². The lowest BCUT2D eigenvalue weighted by Crippen LogP contribution is -2.56. The van der Waals surface area contributed by atoms with Crippen molar-refractivity contribution in [3.8, 4) is 0 Å². The van der Waals surface area contributed by atoms with Gasteiger partial charge in [0.15, 0.2) is 0 Å². The summed E-state index contributed by atoms with van der Waals surface area (Å²) >= 11 is 0. The van der Waals surface area contributed by atoms with E-state index in [1.807, 2.05) is 6.07 Å². The molecule has 0 amide bonds. The minimum Gasteiger partial charge on any atom is -0.483 e. The molecule has 40 heavy (non-hydrogen) atoms. The van der Waals surface area contributed by atoms with Crippen LogP contribution < -0.4 is 0 Å². The lowest BCUT2D eigenvalue weighted by atomic mass is 9.40. The van der Waals surface area contributed by atoms with E-state index in [-0.39, 0.29) is 29.0 Å². The number of hydrogen-bond acceptors (Lipinski definition) is 1.